The first-order chi connectivity index (χ1) is 9.81. The lowest BCUT2D eigenvalue weighted by Gasteiger charge is -2.19. The number of rotatable bonds is 3. The molecule has 5 nitrogen and oxygen atoms in total. The molecule has 2 rings (SSSR count). The highest BCUT2D eigenvalue weighted by Crippen LogP contribution is 2.33. The van der Waals surface area contributed by atoms with Crippen LogP contribution >= 0.6 is 11.3 Å². The molecular formula is C15H22N2O3S. The molecule has 0 radical (unpaired) electrons. The zero-order chi connectivity index (χ0) is 15.7. The lowest BCUT2D eigenvalue weighted by atomic mass is 9.98. The van der Waals surface area contributed by atoms with Gasteiger partial charge >= 0.3 is 12.0 Å². The average molecular weight is 310 g/mol. The standard InChI is InChI=1S/C15H22N2O3S/c1-7-5-6-11(8(7)2)16-15(20)17-13-12(14(18)19)9(3)10(4)21-13/h7-8,11H,5-6H2,1-4H3,(H,18,19)(H2,16,17,20). The third-order valence-electron chi connectivity index (χ3n) is 4.61. The minimum Gasteiger partial charge on any atom is -0.478 e. The Morgan fingerprint density at radius 2 is 1.90 bits per heavy atom. The van der Waals surface area contributed by atoms with Gasteiger partial charge < -0.3 is 10.4 Å². The van der Waals surface area contributed by atoms with Crippen molar-refractivity contribution in [3.05, 3.63) is 16.0 Å². The van der Waals surface area contributed by atoms with E-state index in [-0.39, 0.29) is 17.6 Å². The van der Waals surface area contributed by atoms with Crippen molar-refractivity contribution in [3.8, 4) is 0 Å². The Labute approximate surface area is 128 Å². The first kappa shape index (κ1) is 15.8. The number of anilines is 1. The minimum absolute atomic E-state index is 0.162. The van der Waals surface area contributed by atoms with Gasteiger partial charge in [-0.15, -0.1) is 11.3 Å². The maximum atomic E-state index is 12.1. The number of amides is 2. The number of hydrogen-bond donors (Lipinski definition) is 3. The third kappa shape index (κ3) is 3.20. The molecular weight excluding hydrogens is 288 g/mol. The summed E-state index contributed by atoms with van der Waals surface area (Å²) < 4.78 is 0. The molecule has 1 fully saturated rings. The van der Waals surface area contributed by atoms with Crippen LogP contribution < -0.4 is 10.6 Å². The summed E-state index contributed by atoms with van der Waals surface area (Å²) >= 11 is 1.30. The highest BCUT2D eigenvalue weighted by Gasteiger charge is 2.31. The molecule has 1 aliphatic carbocycles. The van der Waals surface area contributed by atoms with Crippen LogP contribution in [-0.4, -0.2) is 23.1 Å². The molecule has 1 heterocycles. The van der Waals surface area contributed by atoms with Gasteiger partial charge in [0.05, 0.1) is 5.56 Å². The van der Waals surface area contributed by atoms with Crippen LogP contribution in [0.3, 0.4) is 0 Å². The van der Waals surface area contributed by atoms with Crippen LogP contribution in [0.25, 0.3) is 0 Å². The summed E-state index contributed by atoms with van der Waals surface area (Å²) in [4.78, 5) is 24.3. The molecule has 6 heteroatoms. The molecule has 0 aromatic carbocycles. The van der Waals surface area contributed by atoms with E-state index in [1.54, 1.807) is 6.92 Å². The Morgan fingerprint density at radius 3 is 2.43 bits per heavy atom. The summed E-state index contributed by atoms with van der Waals surface area (Å²) in [5.74, 6) is 0.0487. The molecule has 3 N–H and O–H groups in total. The fourth-order valence-corrected chi connectivity index (χ4v) is 3.90. The summed E-state index contributed by atoms with van der Waals surface area (Å²) in [5.41, 5.74) is 0.908. The molecule has 116 valence electrons. The second-order valence-electron chi connectivity index (χ2n) is 5.91. The van der Waals surface area contributed by atoms with Crippen LogP contribution in [0.5, 0.6) is 0 Å². The molecule has 2 amide bonds. The monoisotopic (exact) mass is 310 g/mol. The normalized spacial score (nSPS) is 24.9. The topological polar surface area (TPSA) is 78.4 Å². The predicted molar refractivity (Wildman–Crippen MR) is 84.3 cm³/mol. The Morgan fingerprint density at radius 1 is 1.24 bits per heavy atom. The first-order valence-electron chi connectivity index (χ1n) is 7.22. The first-order valence-corrected chi connectivity index (χ1v) is 8.03. The zero-order valence-corrected chi connectivity index (χ0v) is 13.6. The van der Waals surface area contributed by atoms with E-state index in [1.165, 1.54) is 11.3 Å². The molecule has 0 spiro atoms. The number of hydrogen-bond acceptors (Lipinski definition) is 3. The molecule has 3 unspecified atom stereocenters. The predicted octanol–water partition coefficient (Wildman–Crippen LogP) is 3.62. The van der Waals surface area contributed by atoms with Gasteiger partial charge in [0.15, 0.2) is 0 Å². The van der Waals surface area contributed by atoms with E-state index in [1.807, 2.05) is 6.92 Å². The molecule has 1 saturated carbocycles. The SMILES string of the molecule is Cc1sc(NC(=O)NC2CCC(C)C2C)c(C(=O)O)c1C. The van der Waals surface area contributed by atoms with Crippen LogP contribution in [-0.2, 0) is 0 Å². The lowest BCUT2D eigenvalue weighted by molar-refractivity contribution is 0.0697. The summed E-state index contributed by atoms with van der Waals surface area (Å²) in [5, 5.41) is 15.3. The summed E-state index contributed by atoms with van der Waals surface area (Å²) in [6, 6.07) is -0.153. The fraction of sp³-hybridized carbons (Fsp3) is 0.600. The number of urea groups is 1. The molecule has 0 aliphatic heterocycles. The number of aromatic carboxylic acids is 1. The smallest absolute Gasteiger partial charge is 0.338 e. The van der Waals surface area contributed by atoms with Gasteiger partial charge in [-0.25, -0.2) is 9.59 Å². The molecule has 1 aromatic heterocycles. The number of nitrogens with one attached hydrogen (secondary N) is 2. The maximum absolute atomic E-state index is 12.1. The van der Waals surface area contributed by atoms with Gasteiger partial charge in [-0.05, 0) is 44.1 Å². The molecule has 3 atom stereocenters. The van der Waals surface area contributed by atoms with Crippen LogP contribution in [0.1, 0.15) is 47.5 Å². The van der Waals surface area contributed by atoms with Crippen molar-refractivity contribution in [2.24, 2.45) is 11.8 Å². The van der Waals surface area contributed by atoms with Gasteiger partial charge in [-0.3, -0.25) is 5.32 Å². The second kappa shape index (κ2) is 6.05. The molecule has 1 aromatic rings. The average Bonchev–Trinajstić information content (AvgIpc) is 2.84. The van der Waals surface area contributed by atoms with E-state index in [0.29, 0.717) is 22.4 Å². The largest absolute Gasteiger partial charge is 0.478 e. The van der Waals surface area contributed by atoms with Gasteiger partial charge in [0.25, 0.3) is 0 Å². The number of carbonyl (C=O) groups is 2. The van der Waals surface area contributed by atoms with Crippen molar-refractivity contribution in [2.75, 3.05) is 5.32 Å². The maximum Gasteiger partial charge on any atom is 0.338 e. The summed E-state index contributed by atoms with van der Waals surface area (Å²) in [7, 11) is 0. The number of aryl methyl sites for hydroxylation is 1. The summed E-state index contributed by atoms with van der Waals surface area (Å²) in [6.07, 6.45) is 2.09. The van der Waals surface area contributed by atoms with Crippen LogP contribution in [0.4, 0.5) is 9.80 Å². The van der Waals surface area contributed by atoms with Crippen molar-refractivity contribution in [2.45, 2.75) is 46.6 Å². The van der Waals surface area contributed by atoms with Gasteiger partial charge in [-0.2, -0.15) is 0 Å². The number of carbonyl (C=O) groups excluding carboxylic acids is 1. The highest BCUT2D eigenvalue weighted by molar-refractivity contribution is 7.16. The highest BCUT2D eigenvalue weighted by atomic mass is 32.1. The van der Waals surface area contributed by atoms with E-state index in [0.717, 1.165) is 17.7 Å². The molecule has 0 saturated heterocycles. The van der Waals surface area contributed by atoms with Crippen LogP contribution in [0, 0.1) is 25.7 Å². The Bertz CT molecular complexity index is 568. The Kier molecular flexibility index (Phi) is 4.56. The van der Waals surface area contributed by atoms with E-state index >= 15 is 0 Å². The fourth-order valence-electron chi connectivity index (χ4n) is 2.85. The molecule has 0 bridgehead atoms. The van der Waals surface area contributed by atoms with Crippen molar-refractivity contribution in [3.63, 3.8) is 0 Å². The van der Waals surface area contributed by atoms with E-state index in [2.05, 4.69) is 24.5 Å². The number of carboxylic acids is 1. The van der Waals surface area contributed by atoms with Crippen molar-refractivity contribution in [1.29, 1.82) is 0 Å². The number of carboxylic acid groups (broad SMARTS) is 1. The molecule has 1 aliphatic rings. The van der Waals surface area contributed by atoms with Crippen LogP contribution in [0.15, 0.2) is 0 Å². The Balaban J connectivity index is 2.07. The number of thiophene rings is 1. The van der Waals surface area contributed by atoms with Gasteiger partial charge in [0.1, 0.15) is 5.00 Å². The van der Waals surface area contributed by atoms with E-state index in [9.17, 15) is 14.7 Å². The summed E-state index contributed by atoms with van der Waals surface area (Å²) in [6.45, 7) is 7.96. The quantitative estimate of drug-likeness (QED) is 0.798. The zero-order valence-electron chi connectivity index (χ0n) is 12.8. The minimum atomic E-state index is -1.00. The van der Waals surface area contributed by atoms with E-state index in [4.69, 9.17) is 0 Å². The van der Waals surface area contributed by atoms with Crippen LogP contribution in [0.2, 0.25) is 0 Å². The van der Waals surface area contributed by atoms with Gasteiger partial charge in [0.2, 0.25) is 0 Å². The van der Waals surface area contributed by atoms with Gasteiger partial charge in [-0.1, -0.05) is 13.8 Å². The van der Waals surface area contributed by atoms with Crippen molar-refractivity contribution in [1.82, 2.24) is 5.32 Å². The second-order valence-corrected chi connectivity index (χ2v) is 7.14. The van der Waals surface area contributed by atoms with E-state index < -0.39 is 5.97 Å². The van der Waals surface area contributed by atoms with Gasteiger partial charge in [0, 0.05) is 10.9 Å². The molecule has 21 heavy (non-hydrogen) atoms. The Hall–Kier alpha value is -1.56. The third-order valence-corrected chi connectivity index (χ3v) is 5.73. The van der Waals surface area contributed by atoms with Crippen molar-refractivity contribution < 1.29 is 14.7 Å². The van der Waals surface area contributed by atoms with Crippen molar-refractivity contribution >= 4 is 28.3 Å². The lowest BCUT2D eigenvalue weighted by Crippen LogP contribution is -2.40.